The van der Waals surface area contributed by atoms with E-state index in [1.807, 2.05) is 25.1 Å². The summed E-state index contributed by atoms with van der Waals surface area (Å²) in [6, 6.07) is 13.9. The van der Waals surface area contributed by atoms with Crippen LogP contribution in [0.5, 0.6) is 0 Å². The Morgan fingerprint density at radius 3 is 2.84 bits per heavy atom. The van der Waals surface area contributed by atoms with E-state index in [1.165, 1.54) is 17.7 Å². The van der Waals surface area contributed by atoms with Crippen LogP contribution in [0.25, 0.3) is 11.3 Å². The molecule has 0 saturated carbocycles. The summed E-state index contributed by atoms with van der Waals surface area (Å²) < 4.78 is 13.1. The maximum atomic E-state index is 13.1. The van der Waals surface area contributed by atoms with Crippen molar-refractivity contribution in [3.63, 3.8) is 0 Å². The molecule has 0 bridgehead atoms. The van der Waals surface area contributed by atoms with Gasteiger partial charge in [-0.1, -0.05) is 29.8 Å². The summed E-state index contributed by atoms with van der Waals surface area (Å²) in [5, 5.41) is 12.8. The van der Waals surface area contributed by atoms with Crippen molar-refractivity contribution < 1.29 is 9.18 Å². The van der Waals surface area contributed by atoms with Crippen LogP contribution < -0.4 is 10.6 Å². The molecule has 2 aromatic carbocycles. The number of rotatable bonds is 6. The van der Waals surface area contributed by atoms with E-state index in [1.54, 1.807) is 18.3 Å². The number of benzene rings is 2. The van der Waals surface area contributed by atoms with Gasteiger partial charge in [0.25, 0.3) is 0 Å². The number of carbonyl (C=O) groups excluding carboxylic acids is 1. The van der Waals surface area contributed by atoms with Crippen LogP contribution in [-0.4, -0.2) is 22.6 Å². The number of hydrogen-bond donors (Lipinski definition) is 3. The summed E-state index contributed by atoms with van der Waals surface area (Å²) in [7, 11) is 0. The largest absolute Gasteiger partial charge is 0.325 e. The molecule has 5 nitrogen and oxygen atoms in total. The second-order valence-electron chi connectivity index (χ2n) is 5.80. The smallest absolute Gasteiger partial charge is 0.238 e. The highest BCUT2D eigenvalue weighted by Crippen LogP contribution is 2.21. The van der Waals surface area contributed by atoms with Crippen LogP contribution in [0.3, 0.4) is 0 Å². The molecule has 0 aliphatic heterocycles. The first-order valence-corrected chi connectivity index (χ1v) is 7.97. The number of aryl methyl sites for hydroxylation is 1. The Kier molecular flexibility index (Phi) is 5.20. The van der Waals surface area contributed by atoms with E-state index in [0.29, 0.717) is 12.2 Å². The minimum atomic E-state index is -0.382. The SMILES string of the molecule is Cc1cccc(-c2[nH]ncc2CNCC(=O)Nc2cccc(F)c2)c1. The number of aromatic amines is 1. The van der Waals surface area contributed by atoms with Crippen molar-refractivity contribution >= 4 is 11.6 Å². The topological polar surface area (TPSA) is 69.8 Å². The summed E-state index contributed by atoms with van der Waals surface area (Å²) in [6.07, 6.45) is 1.75. The molecular weight excluding hydrogens is 319 g/mol. The molecule has 3 rings (SSSR count). The van der Waals surface area contributed by atoms with Crippen LogP contribution >= 0.6 is 0 Å². The zero-order valence-corrected chi connectivity index (χ0v) is 13.8. The van der Waals surface area contributed by atoms with Crippen molar-refractivity contribution in [1.29, 1.82) is 0 Å². The van der Waals surface area contributed by atoms with Gasteiger partial charge in [-0.3, -0.25) is 9.89 Å². The Balaban J connectivity index is 1.56. The van der Waals surface area contributed by atoms with E-state index in [4.69, 9.17) is 0 Å². The highest BCUT2D eigenvalue weighted by atomic mass is 19.1. The van der Waals surface area contributed by atoms with Crippen LogP contribution in [0, 0.1) is 12.7 Å². The molecule has 0 atom stereocenters. The van der Waals surface area contributed by atoms with Crippen LogP contribution in [0.15, 0.2) is 54.7 Å². The van der Waals surface area contributed by atoms with Crippen LogP contribution in [0.1, 0.15) is 11.1 Å². The number of carbonyl (C=O) groups is 1. The van der Waals surface area contributed by atoms with Crippen molar-refractivity contribution in [3.05, 3.63) is 71.7 Å². The average Bonchev–Trinajstić information content (AvgIpc) is 3.03. The van der Waals surface area contributed by atoms with Gasteiger partial charge in [-0.15, -0.1) is 0 Å². The van der Waals surface area contributed by atoms with Gasteiger partial charge in [0.2, 0.25) is 5.91 Å². The highest BCUT2D eigenvalue weighted by molar-refractivity contribution is 5.92. The molecule has 1 aromatic heterocycles. The maximum Gasteiger partial charge on any atom is 0.238 e. The second-order valence-corrected chi connectivity index (χ2v) is 5.80. The number of nitrogens with one attached hydrogen (secondary N) is 3. The number of H-pyrrole nitrogens is 1. The van der Waals surface area contributed by atoms with Crippen molar-refractivity contribution in [1.82, 2.24) is 15.5 Å². The normalized spacial score (nSPS) is 10.6. The minimum absolute atomic E-state index is 0.120. The second kappa shape index (κ2) is 7.72. The third kappa shape index (κ3) is 4.51. The van der Waals surface area contributed by atoms with Gasteiger partial charge in [0.15, 0.2) is 0 Å². The Morgan fingerprint density at radius 1 is 1.20 bits per heavy atom. The summed E-state index contributed by atoms with van der Waals surface area (Å²) >= 11 is 0. The number of halogens is 1. The average molecular weight is 338 g/mol. The molecule has 128 valence electrons. The molecule has 1 amide bonds. The first kappa shape index (κ1) is 16.9. The van der Waals surface area contributed by atoms with Crippen LogP contribution in [0.2, 0.25) is 0 Å². The molecule has 1 heterocycles. The number of nitrogens with zero attached hydrogens (tertiary/aromatic N) is 1. The summed E-state index contributed by atoms with van der Waals surface area (Å²) in [6.45, 7) is 2.65. The van der Waals surface area contributed by atoms with Crippen molar-refractivity contribution in [3.8, 4) is 11.3 Å². The molecule has 0 unspecified atom stereocenters. The van der Waals surface area contributed by atoms with E-state index in [9.17, 15) is 9.18 Å². The molecule has 0 aliphatic carbocycles. The fourth-order valence-electron chi connectivity index (χ4n) is 2.58. The van der Waals surface area contributed by atoms with Crippen molar-refractivity contribution in [2.24, 2.45) is 0 Å². The Hall–Kier alpha value is -2.99. The fraction of sp³-hybridized carbons (Fsp3) is 0.158. The van der Waals surface area contributed by atoms with Gasteiger partial charge in [-0.2, -0.15) is 5.10 Å². The molecular formula is C19H19FN4O. The van der Waals surface area contributed by atoms with Gasteiger partial charge in [0.05, 0.1) is 18.4 Å². The lowest BCUT2D eigenvalue weighted by molar-refractivity contribution is -0.115. The van der Waals surface area contributed by atoms with E-state index in [0.717, 1.165) is 16.8 Å². The lowest BCUT2D eigenvalue weighted by Gasteiger charge is -2.08. The highest BCUT2D eigenvalue weighted by Gasteiger charge is 2.09. The molecule has 0 saturated heterocycles. The Bertz CT molecular complexity index is 875. The Labute approximate surface area is 145 Å². The molecule has 0 radical (unpaired) electrons. The van der Waals surface area contributed by atoms with Gasteiger partial charge in [0.1, 0.15) is 5.82 Å². The number of amides is 1. The molecule has 0 spiro atoms. The van der Waals surface area contributed by atoms with Gasteiger partial charge in [-0.25, -0.2) is 4.39 Å². The predicted octanol–water partition coefficient (Wildman–Crippen LogP) is 3.25. The first-order chi connectivity index (χ1) is 12.1. The zero-order valence-electron chi connectivity index (χ0n) is 13.8. The molecule has 6 heteroatoms. The maximum absolute atomic E-state index is 13.1. The van der Waals surface area contributed by atoms with Gasteiger partial charge < -0.3 is 10.6 Å². The van der Waals surface area contributed by atoms with Crippen molar-refractivity contribution in [2.75, 3.05) is 11.9 Å². The summed E-state index contributed by atoms with van der Waals surface area (Å²) in [5.41, 5.74) is 4.57. The van der Waals surface area contributed by atoms with E-state index in [2.05, 4.69) is 26.9 Å². The van der Waals surface area contributed by atoms with Gasteiger partial charge in [-0.05, 0) is 31.2 Å². The van der Waals surface area contributed by atoms with Crippen molar-refractivity contribution in [2.45, 2.75) is 13.5 Å². The molecule has 25 heavy (non-hydrogen) atoms. The van der Waals surface area contributed by atoms with E-state index in [-0.39, 0.29) is 18.3 Å². The first-order valence-electron chi connectivity index (χ1n) is 7.97. The quantitative estimate of drug-likeness (QED) is 0.646. The lowest BCUT2D eigenvalue weighted by atomic mass is 10.1. The van der Waals surface area contributed by atoms with E-state index >= 15 is 0 Å². The fourth-order valence-corrected chi connectivity index (χ4v) is 2.58. The molecule has 0 fully saturated rings. The van der Waals surface area contributed by atoms with Crippen LogP contribution in [-0.2, 0) is 11.3 Å². The third-order valence-corrected chi connectivity index (χ3v) is 3.73. The van der Waals surface area contributed by atoms with Crippen LogP contribution in [0.4, 0.5) is 10.1 Å². The third-order valence-electron chi connectivity index (χ3n) is 3.73. The number of hydrogen-bond acceptors (Lipinski definition) is 3. The predicted molar refractivity (Wildman–Crippen MR) is 95.5 cm³/mol. The molecule has 3 N–H and O–H groups in total. The Morgan fingerprint density at radius 2 is 2.04 bits per heavy atom. The summed E-state index contributed by atoms with van der Waals surface area (Å²) in [4.78, 5) is 11.9. The number of anilines is 1. The molecule has 0 aliphatic rings. The minimum Gasteiger partial charge on any atom is -0.325 e. The molecule has 3 aromatic rings. The van der Waals surface area contributed by atoms with Gasteiger partial charge in [0, 0.05) is 23.4 Å². The number of aromatic nitrogens is 2. The standard InChI is InChI=1S/C19H19FN4O/c1-13-4-2-5-14(8-13)19-15(11-22-24-19)10-21-12-18(25)23-17-7-3-6-16(20)9-17/h2-9,11,21H,10,12H2,1H3,(H,22,24)(H,23,25). The lowest BCUT2D eigenvalue weighted by Crippen LogP contribution is -2.27. The monoisotopic (exact) mass is 338 g/mol. The summed E-state index contributed by atoms with van der Waals surface area (Å²) in [5.74, 6) is -0.613. The zero-order chi connectivity index (χ0) is 17.6. The van der Waals surface area contributed by atoms with E-state index < -0.39 is 0 Å². The van der Waals surface area contributed by atoms with Gasteiger partial charge >= 0.3 is 0 Å².